The van der Waals surface area contributed by atoms with Crippen LogP contribution in [0.25, 0.3) is 70.4 Å². The van der Waals surface area contributed by atoms with Crippen molar-refractivity contribution in [1.29, 1.82) is 0 Å². The summed E-state index contributed by atoms with van der Waals surface area (Å²) in [7, 11) is 0. The third kappa shape index (κ3) is 3.92. The number of hydrogen-bond donors (Lipinski definition) is 0. The van der Waals surface area contributed by atoms with E-state index in [1.165, 1.54) is 42.4 Å². The molecule has 0 saturated carbocycles. The fraction of sp³-hybridized carbons (Fsp3) is 0.0217. The van der Waals surface area contributed by atoms with Crippen molar-refractivity contribution in [1.82, 2.24) is 19.5 Å². The van der Waals surface area contributed by atoms with E-state index in [1.54, 1.807) is 11.3 Å². The second kappa shape index (κ2) is 10.8. The van der Waals surface area contributed by atoms with Crippen LogP contribution in [0.1, 0.15) is 22.5 Å². The van der Waals surface area contributed by atoms with E-state index in [4.69, 9.17) is 15.0 Å². The molecule has 0 unspecified atom stereocenters. The van der Waals surface area contributed by atoms with Gasteiger partial charge < -0.3 is 0 Å². The molecule has 4 nitrogen and oxygen atoms in total. The van der Waals surface area contributed by atoms with Crippen LogP contribution < -0.4 is 0 Å². The standard InChI is InChI=1S/C46H28N4S/c1-2-15-29(16-3-1)46(36-23-9-4-17-30(36)31-18-5-10-24-37(31)46)44-47-43(35-22-14-28-41-42(35)34-21-8-13-27-40(34)51-41)48-45(49-44)50-38-25-11-6-19-32(38)33-20-7-12-26-39(33)50/h1-28H. The first-order chi connectivity index (χ1) is 25.3. The zero-order chi connectivity index (χ0) is 33.5. The van der Waals surface area contributed by atoms with Gasteiger partial charge in [0.1, 0.15) is 5.41 Å². The molecule has 0 amide bonds. The molecule has 0 aliphatic heterocycles. The minimum absolute atomic E-state index is 0.598. The number of thiophene rings is 1. The van der Waals surface area contributed by atoms with E-state index in [1.807, 2.05) is 0 Å². The molecule has 7 aromatic carbocycles. The molecule has 0 atom stereocenters. The van der Waals surface area contributed by atoms with Crippen LogP contribution in [0.2, 0.25) is 0 Å². The number of hydrogen-bond acceptors (Lipinski definition) is 4. The van der Waals surface area contributed by atoms with Crippen LogP contribution in [0.3, 0.4) is 0 Å². The van der Waals surface area contributed by atoms with Crippen molar-refractivity contribution in [2.45, 2.75) is 5.41 Å². The third-order valence-corrected chi connectivity index (χ3v) is 11.7. The predicted octanol–water partition coefficient (Wildman–Crippen LogP) is 11.4. The minimum atomic E-state index is -0.787. The Labute approximate surface area is 298 Å². The molecule has 0 bridgehead atoms. The topological polar surface area (TPSA) is 43.6 Å². The molecule has 0 fully saturated rings. The van der Waals surface area contributed by atoms with E-state index in [9.17, 15) is 0 Å². The molecule has 0 N–H and O–H groups in total. The maximum absolute atomic E-state index is 5.61. The highest BCUT2D eigenvalue weighted by Gasteiger charge is 2.49. The molecule has 0 spiro atoms. The number of rotatable bonds is 4. The Morgan fingerprint density at radius 3 is 1.69 bits per heavy atom. The van der Waals surface area contributed by atoms with Crippen molar-refractivity contribution >= 4 is 53.3 Å². The highest BCUT2D eigenvalue weighted by molar-refractivity contribution is 7.25. The van der Waals surface area contributed by atoms with E-state index in [0.29, 0.717) is 17.6 Å². The molecule has 51 heavy (non-hydrogen) atoms. The lowest BCUT2D eigenvalue weighted by molar-refractivity contribution is 0.683. The van der Waals surface area contributed by atoms with Crippen LogP contribution in [0.15, 0.2) is 170 Å². The molecule has 3 heterocycles. The molecule has 1 aliphatic carbocycles. The summed E-state index contributed by atoms with van der Waals surface area (Å²) in [5.74, 6) is 1.95. The Morgan fingerprint density at radius 2 is 0.980 bits per heavy atom. The summed E-state index contributed by atoms with van der Waals surface area (Å²) in [5.41, 5.74) is 8.18. The van der Waals surface area contributed by atoms with Gasteiger partial charge in [0.05, 0.1) is 11.0 Å². The molecule has 11 rings (SSSR count). The average molecular weight is 669 g/mol. The molecule has 0 saturated heterocycles. The van der Waals surface area contributed by atoms with Crippen molar-refractivity contribution in [2.24, 2.45) is 0 Å². The van der Waals surface area contributed by atoms with Gasteiger partial charge >= 0.3 is 0 Å². The molecular weight excluding hydrogens is 641 g/mol. The zero-order valence-electron chi connectivity index (χ0n) is 27.4. The predicted molar refractivity (Wildman–Crippen MR) is 210 cm³/mol. The average Bonchev–Trinajstić information content (AvgIpc) is 3.85. The number of benzene rings is 7. The van der Waals surface area contributed by atoms with Crippen LogP contribution >= 0.6 is 11.3 Å². The first kappa shape index (κ1) is 28.4. The highest BCUT2D eigenvalue weighted by Crippen LogP contribution is 2.55. The summed E-state index contributed by atoms with van der Waals surface area (Å²) in [6.45, 7) is 0. The van der Waals surface area contributed by atoms with Gasteiger partial charge in [-0.3, -0.25) is 4.57 Å². The van der Waals surface area contributed by atoms with E-state index < -0.39 is 5.41 Å². The third-order valence-electron chi connectivity index (χ3n) is 10.5. The lowest BCUT2D eigenvalue weighted by atomic mass is 9.71. The molecule has 10 aromatic rings. The van der Waals surface area contributed by atoms with Gasteiger partial charge in [-0.15, -0.1) is 11.3 Å². The van der Waals surface area contributed by atoms with Crippen molar-refractivity contribution < 1.29 is 0 Å². The summed E-state index contributed by atoms with van der Waals surface area (Å²) < 4.78 is 4.68. The SMILES string of the molecule is c1ccc(C2(c3nc(-c4cccc5sc6ccccc6c45)nc(-n4c5ccccc5c5ccccc54)n3)c3ccccc3-c3ccccc32)cc1. The van der Waals surface area contributed by atoms with Gasteiger partial charge in [0.15, 0.2) is 11.6 Å². The van der Waals surface area contributed by atoms with Crippen LogP contribution in [0.5, 0.6) is 0 Å². The lowest BCUT2D eigenvalue weighted by Crippen LogP contribution is -2.32. The minimum Gasteiger partial charge on any atom is -0.278 e. The summed E-state index contributed by atoms with van der Waals surface area (Å²) >= 11 is 1.81. The summed E-state index contributed by atoms with van der Waals surface area (Å²) in [6.07, 6.45) is 0. The highest BCUT2D eigenvalue weighted by atomic mass is 32.1. The lowest BCUT2D eigenvalue weighted by Gasteiger charge is -2.32. The first-order valence-electron chi connectivity index (χ1n) is 17.2. The van der Waals surface area contributed by atoms with Crippen LogP contribution in [0, 0.1) is 0 Å². The number of fused-ring (bicyclic) bond motifs is 9. The summed E-state index contributed by atoms with van der Waals surface area (Å²) in [4.78, 5) is 16.6. The fourth-order valence-electron chi connectivity index (χ4n) is 8.46. The van der Waals surface area contributed by atoms with Gasteiger partial charge in [-0.25, -0.2) is 4.98 Å². The van der Waals surface area contributed by atoms with E-state index >= 15 is 0 Å². The quantitative estimate of drug-likeness (QED) is 0.187. The molecule has 1 aliphatic rings. The van der Waals surface area contributed by atoms with Crippen molar-refractivity contribution in [3.05, 3.63) is 192 Å². The fourth-order valence-corrected chi connectivity index (χ4v) is 9.59. The van der Waals surface area contributed by atoms with E-state index in [-0.39, 0.29) is 0 Å². The number of aromatic nitrogens is 4. The van der Waals surface area contributed by atoms with Gasteiger partial charge in [-0.2, -0.15) is 9.97 Å². The smallest absolute Gasteiger partial charge is 0.238 e. The maximum atomic E-state index is 5.61. The second-order valence-corrected chi connectivity index (χ2v) is 14.2. The Hall–Kier alpha value is -6.43. The van der Waals surface area contributed by atoms with E-state index in [2.05, 4.69) is 174 Å². The van der Waals surface area contributed by atoms with Crippen LogP contribution in [-0.2, 0) is 5.41 Å². The zero-order valence-corrected chi connectivity index (χ0v) is 28.2. The van der Waals surface area contributed by atoms with Gasteiger partial charge in [0.25, 0.3) is 0 Å². The van der Waals surface area contributed by atoms with Gasteiger partial charge in [0.2, 0.25) is 5.95 Å². The summed E-state index contributed by atoms with van der Waals surface area (Å²) in [6, 6.07) is 60.4. The molecule has 238 valence electrons. The van der Waals surface area contributed by atoms with Crippen molar-refractivity contribution in [3.8, 4) is 28.5 Å². The maximum Gasteiger partial charge on any atom is 0.238 e. The van der Waals surface area contributed by atoms with Gasteiger partial charge in [-0.05, 0) is 52.1 Å². The Morgan fingerprint density at radius 1 is 0.431 bits per heavy atom. The van der Waals surface area contributed by atoms with Crippen molar-refractivity contribution in [2.75, 3.05) is 0 Å². The normalized spacial score (nSPS) is 13.3. The first-order valence-corrected chi connectivity index (χ1v) is 18.0. The van der Waals surface area contributed by atoms with Gasteiger partial charge in [-0.1, -0.05) is 146 Å². The van der Waals surface area contributed by atoms with Gasteiger partial charge in [0, 0.05) is 36.5 Å². The Kier molecular flexibility index (Phi) is 6.01. The molecular formula is C46H28N4S. The van der Waals surface area contributed by atoms with Crippen molar-refractivity contribution in [3.63, 3.8) is 0 Å². The van der Waals surface area contributed by atoms with Crippen LogP contribution in [0.4, 0.5) is 0 Å². The summed E-state index contributed by atoms with van der Waals surface area (Å²) in [5, 5.41) is 4.71. The largest absolute Gasteiger partial charge is 0.278 e. The van der Waals surface area contributed by atoms with E-state index in [0.717, 1.165) is 32.9 Å². The monoisotopic (exact) mass is 668 g/mol. The Balaban J connectivity index is 1.32. The molecule has 3 aromatic heterocycles. The second-order valence-electron chi connectivity index (χ2n) is 13.1. The number of nitrogens with zero attached hydrogens (tertiary/aromatic N) is 4. The Bertz CT molecular complexity index is 2890. The molecule has 5 heteroatoms. The number of para-hydroxylation sites is 2. The molecule has 0 radical (unpaired) electrons. The van der Waals surface area contributed by atoms with Crippen LogP contribution in [-0.4, -0.2) is 19.5 Å².